The van der Waals surface area contributed by atoms with E-state index in [1.807, 2.05) is 0 Å². The molecule has 2 aliphatic rings. The molecule has 1 aromatic carbocycles. The maximum Gasteiger partial charge on any atom is 0.451 e. The van der Waals surface area contributed by atoms with E-state index in [-0.39, 0.29) is 20.8 Å². The average Bonchev–Trinajstić information content (AvgIpc) is 2.80. The number of rotatable bonds is 1. The van der Waals surface area contributed by atoms with Crippen LogP contribution in [0.4, 0.5) is 32.0 Å². The predicted molar refractivity (Wildman–Crippen MR) is 89.1 cm³/mol. The number of alkyl halides is 6. The van der Waals surface area contributed by atoms with Crippen molar-refractivity contribution in [3.05, 3.63) is 38.6 Å². The average molecular weight is 453 g/mol. The molecular formula is C13H6Cl3F6N5. The molecule has 0 fully saturated rings. The van der Waals surface area contributed by atoms with Crippen molar-refractivity contribution in [1.29, 1.82) is 0 Å². The van der Waals surface area contributed by atoms with E-state index in [1.165, 1.54) is 12.1 Å². The summed E-state index contributed by atoms with van der Waals surface area (Å²) in [6, 6.07) is 2.46. The first-order valence-electron chi connectivity index (χ1n) is 6.82. The molecule has 27 heavy (non-hydrogen) atoms. The lowest BCUT2D eigenvalue weighted by atomic mass is 10.1. The molecule has 3 rings (SSSR count). The Labute approximate surface area is 162 Å². The number of anilines is 1. The third kappa shape index (κ3) is 3.56. The number of nitrogens with zero attached hydrogens (tertiary/aromatic N) is 3. The molecule has 0 radical (unpaired) electrons. The highest BCUT2D eigenvalue weighted by Gasteiger charge is 2.51. The van der Waals surface area contributed by atoms with E-state index < -0.39 is 41.5 Å². The zero-order chi connectivity index (χ0) is 20.3. The quantitative estimate of drug-likeness (QED) is 0.619. The Morgan fingerprint density at radius 1 is 1.00 bits per heavy atom. The molecule has 0 spiro atoms. The van der Waals surface area contributed by atoms with Gasteiger partial charge in [-0.2, -0.15) is 31.8 Å². The van der Waals surface area contributed by atoms with E-state index in [2.05, 4.69) is 15.4 Å². The van der Waals surface area contributed by atoms with E-state index in [0.29, 0.717) is 0 Å². The minimum Gasteiger partial charge on any atom is -0.384 e. The van der Waals surface area contributed by atoms with Crippen molar-refractivity contribution in [3.8, 4) is 0 Å². The van der Waals surface area contributed by atoms with Gasteiger partial charge in [0.1, 0.15) is 12.0 Å². The number of amidine groups is 1. The first-order chi connectivity index (χ1) is 12.3. The highest BCUT2D eigenvalue weighted by molar-refractivity contribution is 6.42. The fourth-order valence-corrected chi connectivity index (χ4v) is 3.45. The van der Waals surface area contributed by atoms with Crippen LogP contribution in [0.5, 0.6) is 0 Å². The summed E-state index contributed by atoms with van der Waals surface area (Å²) >= 11 is 17.8. The largest absolute Gasteiger partial charge is 0.451 e. The van der Waals surface area contributed by atoms with Gasteiger partial charge in [-0.05, 0) is 12.1 Å². The van der Waals surface area contributed by atoms with Gasteiger partial charge >= 0.3 is 12.4 Å². The number of nitrogens with one attached hydrogen (secondary N) is 1. The molecule has 0 saturated carbocycles. The fourth-order valence-electron chi connectivity index (χ4n) is 2.46. The second-order valence-corrected chi connectivity index (χ2v) is 6.54. The Morgan fingerprint density at radius 3 is 2.04 bits per heavy atom. The van der Waals surface area contributed by atoms with Crippen LogP contribution < -0.4 is 16.2 Å². The fraction of sp³-hybridized carbons (Fsp3) is 0.231. The molecule has 0 saturated heterocycles. The minimum absolute atomic E-state index is 0.104. The van der Waals surface area contributed by atoms with Crippen molar-refractivity contribution in [2.45, 2.75) is 18.5 Å². The molecule has 1 unspecified atom stereocenters. The van der Waals surface area contributed by atoms with Crippen molar-refractivity contribution in [2.75, 3.05) is 5.01 Å². The molecule has 3 N–H and O–H groups in total. The molecule has 2 heterocycles. The van der Waals surface area contributed by atoms with Crippen LogP contribution in [0.25, 0.3) is 0 Å². The second kappa shape index (κ2) is 6.43. The molecular weight excluding hydrogens is 447 g/mol. The molecule has 0 amide bonds. The summed E-state index contributed by atoms with van der Waals surface area (Å²) in [6.07, 6.45) is -12.2. The van der Waals surface area contributed by atoms with Crippen LogP contribution in [0, 0.1) is 0 Å². The van der Waals surface area contributed by atoms with E-state index in [9.17, 15) is 26.3 Å². The Bertz CT molecular complexity index is 882. The van der Waals surface area contributed by atoms with Gasteiger partial charge in [0.2, 0.25) is 5.84 Å². The molecule has 0 bridgehead atoms. The monoisotopic (exact) mass is 451 g/mol. The van der Waals surface area contributed by atoms with Gasteiger partial charge in [-0.3, -0.25) is 5.01 Å². The lowest BCUT2D eigenvalue weighted by Gasteiger charge is -2.23. The number of halogens is 9. The SMILES string of the molecule is NC1=C2C(C(F)(F)F)=NC(C(F)(F)F)=NC2NN1c1c(Cl)cc(Cl)cc1Cl. The summed E-state index contributed by atoms with van der Waals surface area (Å²) in [5.41, 5.74) is 5.36. The molecule has 146 valence electrons. The number of hydrogen-bond donors (Lipinski definition) is 2. The van der Waals surface area contributed by atoms with Crippen LogP contribution in [0.2, 0.25) is 15.1 Å². The minimum atomic E-state index is -5.21. The Hall–Kier alpha value is -1.69. The number of nitrogens with two attached hydrogens (primary N) is 1. The van der Waals surface area contributed by atoms with Gasteiger partial charge in [-0.25, -0.2) is 9.98 Å². The summed E-state index contributed by atoms with van der Waals surface area (Å²) in [5, 5.41) is 0.734. The number of aliphatic imine (C=N–C) groups is 2. The third-order valence-electron chi connectivity index (χ3n) is 3.49. The first kappa shape index (κ1) is 20.1. The number of hydrogen-bond acceptors (Lipinski definition) is 5. The van der Waals surface area contributed by atoms with Crippen LogP contribution in [0.3, 0.4) is 0 Å². The highest BCUT2D eigenvalue weighted by Crippen LogP contribution is 2.41. The molecule has 2 aliphatic heterocycles. The predicted octanol–water partition coefficient (Wildman–Crippen LogP) is 4.45. The Kier molecular flexibility index (Phi) is 4.78. The number of hydrazine groups is 1. The molecule has 14 heteroatoms. The number of fused-ring (bicyclic) bond motifs is 1. The standard InChI is InChI=1S/C13H6Cl3F6N5/c14-3-1-4(15)7(5(16)2-3)27-9(23)6-8(12(17,18)19)24-11(13(20,21)22)25-10(6)26-27/h1-2,10,26H,23H2. The smallest absolute Gasteiger partial charge is 0.384 e. The van der Waals surface area contributed by atoms with Gasteiger partial charge in [0.05, 0.1) is 21.3 Å². The normalized spacial score (nSPS) is 20.6. The van der Waals surface area contributed by atoms with Gasteiger partial charge in [0.15, 0.2) is 5.71 Å². The van der Waals surface area contributed by atoms with Crippen molar-refractivity contribution in [2.24, 2.45) is 15.7 Å². The molecule has 0 aliphatic carbocycles. The Morgan fingerprint density at radius 2 is 1.56 bits per heavy atom. The van der Waals surface area contributed by atoms with E-state index in [1.54, 1.807) is 0 Å². The molecule has 0 aromatic heterocycles. The second-order valence-electron chi connectivity index (χ2n) is 5.29. The highest BCUT2D eigenvalue weighted by atomic mass is 35.5. The summed E-state index contributed by atoms with van der Waals surface area (Å²) in [5.74, 6) is -2.55. The van der Waals surface area contributed by atoms with Gasteiger partial charge in [-0.15, -0.1) is 0 Å². The summed E-state index contributed by atoms with van der Waals surface area (Å²) in [4.78, 5) is 5.81. The van der Waals surface area contributed by atoms with Crippen LogP contribution in [-0.2, 0) is 0 Å². The summed E-state index contributed by atoms with van der Waals surface area (Å²) in [6.45, 7) is 0. The van der Waals surface area contributed by atoms with Crippen molar-refractivity contribution in [3.63, 3.8) is 0 Å². The van der Waals surface area contributed by atoms with Crippen molar-refractivity contribution < 1.29 is 26.3 Å². The molecule has 1 atom stereocenters. The zero-order valence-electron chi connectivity index (χ0n) is 12.6. The van der Waals surface area contributed by atoms with Crippen LogP contribution >= 0.6 is 34.8 Å². The van der Waals surface area contributed by atoms with Gasteiger partial charge < -0.3 is 5.73 Å². The van der Waals surface area contributed by atoms with Crippen LogP contribution in [0.15, 0.2) is 33.5 Å². The van der Waals surface area contributed by atoms with E-state index in [0.717, 1.165) is 5.01 Å². The molecule has 1 aromatic rings. The lowest BCUT2D eigenvalue weighted by molar-refractivity contribution is -0.0636. The third-order valence-corrected chi connectivity index (χ3v) is 4.29. The Balaban J connectivity index is 2.17. The maximum atomic E-state index is 13.3. The van der Waals surface area contributed by atoms with E-state index >= 15 is 0 Å². The van der Waals surface area contributed by atoms with Gasteiger partial charge in [0.25, 0.3) is 0 Å². The van der Waals surface area contributed by atoms with Crippen molar-refractivity contribution >= 4 is 52.0 Å². The lowest BCUT2D eigenvalue weighted by Crippen LogP contribution is -2.43. The zero-order valence-corrected chi connectivity index (χ0v) is 14.8. The summed E-state index contributed by atoms with van der Waals surface area (Å²) < 4.78 is 78.6. The first-order valence-corrected chi connectivity index (χ1v) is 7.96. The van der Waals surface area contributed by atoms with Gasteiger partial charge in [0, 0.05) is 5.02 Å². The van der Waals surface area contributed by atoms with Gasteiger partial charge in [-0.1, -0.05) is 34.8 Å². The number of benzene rings is 1. The summed E-state index contributed by atoms with van der Waals surface area (Å²) in [7, 11) is 0. The molecule has 5 nitrogen and oxygen atoms in total. The topological polar surface area (TPSA) is 66.0 Å². The van der Waals surface area contributed by atoms with Crippen molar-refractivity contribution in [1.82, 2.24) is 5.43 Å². The van der Waals surface area contributed by atoms with Crippen LogP contribution in [0.1, 0.15) is 0 Å². The van der Waals surface area contributed by atoms with Crippen LogP contribution in [-0.4, -0.2) is 30.1 Å². The van der Waals surface area contributed by atoms with E-state index in [4.69, 9.17) is 40.5 Å². The maximum absolute atomic E-state index is 13.3.